The first-order valence-electron chi connectivity index (χ1n) is 4.57. The molecule has 1 atom stereocenters. The Hall–Kier alpha value is -1.44. The molecule has 0 heterocycles. The summed E-state index contributed by atoms with van der Waals surface area (Å²) in [5, 5.41) is 0. The van der Waals surface area contributed by atoms with Gasteiger partial charge in [-0.3, -0.25) is 9.59 Å². The highest BCUT2D eigenvalue weighted by atomic mass is 16.1. The van der Waals surface area contributed by atoms with Crippen molar-refractivity contribution in [2.75, 3.05) is 0 Å². The second-order valence-electron chi connectivity index (χ2n) is 3.61. The van der Waals surface area contributed by atoms with Gasteiger partial charge in [-0.15, -0.1) is 6.58 Å². The van der Waals surface area contributed by atoms with Crippen molar-refractivity contribution in [3.8, 4) is 0 Å². The zero-order chi connectivity index (χ0) is 10.8. The summed E-state index contributed by atoms with van der Waals surface area (Å²) in [6.07, 6.45) is 7.13. The van der Waals surface area contributed by atoms with Crippen LogP contribution in [-0.2, 0) is 9.59 Å². The topological polar surface area (TPSA) is 34.1 Å². The Morgan fingerprint density at radius 3 is 2.71 bits per heavy atom. The maximum atomic E-state index is 11.5. The summed E-state index contributed by atoms with van der Waals surface area (Å²) in [7, 11) is 0. The largest absolute Gasteiger partial charge is 0.299 e. The maximum absolute atomic E-state index is 11.5. The summed E-state index contributed by atoms with van der Waals surface area (Å²) in [6, 6.07) is 0. The highest BCUT2D eigenvalue weighted by Gasteiger charge is 2.32. The molecule has 0 saturated heterocycles. The maximum Gasteiger partial charge on any atom is 0.180 e. The van der Waals surface area contributed by atoms with Gasteiger partial charge in [-0.1, -0.05) is 18.2 Å². The molecule has 1 aliphatic carbocycles. The van der Waals surface area contributed by atoms with Crippen LogP contribution in [0.5, 0.6) is 0 Å². The number of allylic oxidation sites excluding steroid dienone is 5. The molecule has 0 radical (unpaired) electrons. The zero-order valence-corrected chi connectivity index (χ0v) is 8.54. The van der Waals surface area contributed by atoms with E-state index in [1.54, 1.807) is 25.2 Å². The van der Waals surface area contributed by atoms with Crippen LogP contribution in [-0.4, -0.2) is 11.6 Å². The average molecular weight is 190 g/mol. The van der Waals surface area contributed by atoms with Crippen LogP contribution in [0, 0.1) is 5.41 Å². The van der Waals surface area contributed by atoms with Gasteiger partial charge in [-0.2, -0.15) is 0 Å². The molecule has 0 aromatic heterocycles. The summed E-state index contributed by atoms with van der Waals surface area (Å²) in [5.74, 6) is 0.0198. The van der Waals surface area contributed by atoms with E-state index >= 15 is 0 Å². The number of rotatable bonds is 3. The van der Waals surface area contributed by atoms with Crippen molar-refractivity contribution >= 4 is 11.6 Å². The van der Waals surface area contributed by atoms with E-state index in [0.29, 0.717) is 12.0 Å². The number of Topliss-reactive ketones (excluding diaryl/α,β-unsaturated/α-hetero) is 1. The summed E-state index contributed by atoms with van der Waals surface area (Å²) < 4.78 is 0. The predicted octanol–water partition coefficient (Wildman–Crippen LogP) is 2.22. The van der Waals surface area contributed by atoms with Gasteiger partial charge in [0.05, 0.1) is 5.41 Å². The normalized spacial score (nSPS) is 25.9. The summed E-state index contributed by atoms with van der Waals surface area (Å²) >= 11 is 0. The minimum absolute atomic E-state index is 0.0223. The number of carbonyl (C=O) groups excluding carboxylic acids is 2. The molecular weight excluding hydrogens is 176 g/mol. The first-order chi connectivity index (χ1) is 6.52. The lowest BCUT2D eigenvalue weighted by molar-refractivity contribution is -0.122. The van der Waals surface area contributed by atoms with Crippen LogP contribution in [0.4, 0.5) is 0 Å². The van der Waals surface area contributed by atoms with Gasteiger partial charge in [0.25, 0.3) is 0 Å². The summed E-state index contributed by atoms with van der Waals surface area (Å²) in [5.41, 5.74) is -0.00993. The van der Waals surface area contributed by atoms with E-state index < -0.39 is 5.41 Å². The van der Waals surface area contributed by atoms with E-state index in [-0.39, 0.29) is 11.6 Å². The van der Waals surface area contributed by atoms with E-state index in [0.717, 1.165) is 0 Å². The van der Waals surface area contributed by atoms with E-state index in [2.05, 4.69) is 6.58 Å². The predicted molar refractivity (Wildman–Crippen MR) is 55.8 cm³/mol. The SMILES string of the molecule is C=CCC1(C(C)=O)C=CC(=O)C(C)=C1. The van der Waals surface area contributed by atoms with Crippen LogP contribution in [0.3, 0.4) is 0 Å². The van der Waals surface area contributed by atoms with Crippen LogP contribution in [0.1, 0.15) is 20.3 Å². The van der Waals surface area contributed by atoms with Crippen molar-refractivity contribution in [2.45, 2.75) is 20.3 Å². The molecule has 0 aromatic rings. The van der Waals surface area contributed by atoms with Gasteiger partial charge in [0.2, 0.25) is 0 Å². The van der Waals surface area contributed by atoms with Crippen molar-refractivity contribution in [1.29, 1.82) is 0 Å². The third kappa shape index (κ3) is 1.74. The average Bonchev–Trinajstić information content (AvgIpc) is 2.12. The van der Waals surface area contributed by atoms with Crippen LogP contribution >= 0.6 is 0 Å². The van der Waals surface area contributed by atoms with Gasteiger partial charge >= 0.3 is 0 Å². The molecule has 2 heteroatoms. The smallest absolute Gasteiger partial charge is 0.180 e. The Morgan fingerprint density at radius 2 is 2.29 bits per heavy atom. The number of hydrogen-bond acceptors (Lipinski definition) is 2. The lowest BCUT2D eigenvalue weighted by Gasteiger charge is -2.25. The fourth-order valence-corrected chi connectivity index (χ4v) is 1.59. The van der Waals surface area contributed by atoms with Crippen LogP contribution < -0.4 is 0 Å². The molecule has 1 unspecified atom stereocenters. The third-order valence-electron chi connectivity index (χ3n) is 2.53. The van der Waals surface area contributed by atoms with E-state index in [1.807, 2.05) is 0 Å². The Balaban J connectivity index is 3.13. The van der Waals surface area contributed by atoms with Gasteiger partial charge in [0.15, 0.2) is 5.78 Å². The summed E-state index contributed by atoms with van der Waals surface area (Å²) in [4.78, 5) is 22.7. The fraction of sp³-hybridized carbons (Fsp3) is 0.333. The molecule has 74 valence electrons. The second kappa shape index (κ2) is 3.74. The van der Waals surface area contributed by atoms with E-state index in [9.17, 15) is 9.59 Å². The van der Waals surface area contributed by atoms with Gasteiger partial charge in [0, 0.05) is 0 Å². The quantitative estimate of drug-likeness (QED) is 0.639. The molecule has 0 aliphatic heterocycles. The van der Waals surface area contributed by atoms with E-state index in [1.165, 1.54) is 13.0 Å². The van der Waals surface area contributed by atoms with Crippen molar-refractivity contribution in [3.63, 3.8) is 0 Å². The number of ketones is 2. The number of carbonyl (C=O) groups is 2. The Bertz CT molecular complexity index is 347. The minimum Gasteiger partial charge on any atom is -0.299 e. The number of hydrogen-bond donors (Lipinski definition) is 0. The monoisotopic (exact) mass is 190 g/mol. The minimum atomic E-state index is -0.639. The molecule has 0 aromatic carbocycles. The Morgan fingerprint density at radius 1 is 1.64 bits per heavy atom. The van der Waals surface area contributed by atoms with Crippen LogP contribution in [0.2, 0.25) is 0 Å². The highest BCUT2D eigenvalue weighted by Crippen LogP contribution is 2.32. The standard InChI is InChI=1S/C12H14O2/c1-4-6-12(10(3)13)7-5-11(14)9(2)8-12/h4-5,7-8H,1,6H2,2-3H3. The Kier molecular flexibility index (Phi) is 2.84. The molecule has 1 aliphatic rings. The lowest BCUT2D eigenvalue weighted by atomic mass is 9.76. The van der Waals surface area contributed by atoms with Gasteiger partial charge in [-0.05, 0) is 31.9 Å². The molecule has 0 bridgehead atoms. The van der Waals surface area contributed by atoms with Crippen molar-refractivity contribution in [2.24, 2.45) is 5.41 Å². The summed E-state index contributed by atoms with van der Waals surface area (Å²) in [6.45, 7) is 6.89. The molecule has 1 rings (SSSR count). The Labute approximate surface area is 84.0 Å². The first kappa shape index (κ1) is 10.6. The molecule has 14 heavy (non-hydrogen) atoms. The highest BCUT2D eigenvalue weighted by molar-refractivity contribution is 6.07. The lowest BCUT2D eigenvalue weighted by Crippen LogP contribution is -2.27. The molecule has 0 fully saturated rings. The zero-order valence-electron chi connectivity index (χ0n) is 8.54. The van der Waals surface area contributed by atoms with E-state index in [4.69, 9.17) is 0 Å². The van der Waals surface area contributed by atoms with Gasteiger partial charge in [-0.25, -0.2) is 0 Å². The van der Waals surface area contributed by atoms with Crippen molar-refractivity contribution < 1.29 is 9.59 Å². The van der Waals surface area contributed by atoms with Crippen molar-refractivity contribution in [1.82, 2.24) is 0 Å². The van der Waals surface area contributed by atoms with Crippen molar-refractivity contribution in [3.05, 3.63) is 36.5 Å². The molecular formula is C12H14O2. The van der Waals surface area contributed by atoms with Crippen LogP contribution in [0.15, 0.2) is 36.5 Å². The molecule has 0 amide bonds. The molecule has 2 nitrogen and oxygen atoms in total. The second-order valence-corrected chi connectivity index (χ2v) is 3.61. The fourth-order valence-electron chi connectivity index (χ4n) is 1.59. The molecule has 0 saturated carbocycles. The first-order valence-corrected chi connectivity index (χ1v) is 4.57. The molecule has 0 N–H and O–H groups in total. The van der Waals surface area contributed by atoms with Crippen LogP contribution in [0.25, 0.3) is 0 Å². The molecule has 0 spiro atoms. The van der Waals surface area contributed by atoms with Gasteiger partial charge < -0.3 is 0 Å². The van der Waals surface area contributed by atoms with Gasteiger partial charge in [0.1, 0.15) is 5.78 Å². The third-order valence-corrected chi connectivity index (χ3v) is 2.53.